The van der Waals surface area contributed by atoms with Gasteiger partial charge in [0, 0.05) is 16.5 Å². The lowest BCUT2D eigenvalue weighted by Gasteiger charge is -2.45. The van der Waals surface area contributed by atoms with E-state index < -0.39 is 36.8 Å². The van der Waals surface area contributed by atoms with Gasteiger partial charge < -0.3 is 39.4 Å². The minimum Gasteiger partial charge on any atom is -0.497 e. The molecule has 2 aromatic carbocycles. The lowest BCUT2D eigenvalue weighted by Crippen LogP contribution is -2.63. The van der Waals surface area contributed by atoms with Gasteiger partial charge in [-0.15, -0.1) is 0 Å². The number of fused-ring (bicyclic) bond motifs is 1. The minimum absolute atomic E-state index is 0.151. The molecule has 1 fully saturated rings. The van der Waals surface area contributed by atoms with E-state index in [4.69, 9.17) is 13.9 Å². The Hall–Kier alpha value is -2.46. The van der Waals surface area contributed by atoms with Crippen molar-refractivity contribution in [1.29, 1.82) is 0 Å². The number of hydrogen-bond donors (Lipinski definition) is 5. The zero-order valence-corrected chi connectivity index (χ0v) is 15.6. The average Bonchev–Trinajstić information content (AvgIpc) is 3.18. The maximum Gasteiger partial charge on any atom is 0.222 e. The van der Waals surface area contributed by atoms with E-state index in [1.165, 1.54) is 6.07 Å². The van der Waals surface area contributed by atoms with E-state index in [0.29, 0.717) is 16.7 Å². The maximum atomic E-state index is 11.0. The molecule has 154 valence electrons. The molecule has 4 rings (SSSR count). The largest absolute Gasteiger partial charge is 0.497 e. The Bertz CT molecular complexity index is 996. The van der Waals surface area contributed by atoms with Gasteiger partial charge >= 0.3 is 0 Å². The predicted octanol–water partition coefficient (Wildman–Crippen LogP) is 0.727. The Balaban J connectivity index is 1.78. The average molecular weight is 402 g/mol. The van der Waals surface area contributed by atoms with Crippen LogP contribution in [0, 0.1) is 0 Å². The third kappa shape index (κ3) is 3.20. The number of methoxy groups -OCH3 is 1. The van der Waals surface area contributed by atoms with Gasteiger partial charge in [0.2, 0.25) is 5.79 Å². The number of benzene rings is 2. The number of rotatable bonds is 4. The highest BCUT2D eigenvalue weighted by molar-refractivity contribution is 5.94. The van der Waals surface area contributed by atoms with Gasteiger partial charge in [-0.25, -0.2) is 0 Å². The smallest absolute Gasteiger partial charge is 0.222 e. The van der Waals surface area contributed by atoms with Crippen LogP contribution in [0.15, 0.2) is 53.1 Å². The van der Waals surface area contributed by atoms with E-state index in [9.17, 15) is 25.5 Å². The van der Waals surface area contributed by atoms with Gasteiger partial charge in [0.15, 0.2) is 0 Å². The molecule has 8 heteroatoms. The third-order valence-corrected chi connectivity index (χ3v) is 5.35. The Morgan fingerprint density at radius 1 is 1.03 bits per heavy atom. The fourth-order valence-corrected chi connectivity index (χ4v) is 3.64. The van der Waals surface area contributed by atoms with Crippen LogP contribution in [0.25, 0.3) is 22.1 Å². The summed E-state index contributed by atoms with van der Waals surface area (Å²) in [6.07, 6.45) is -4.75. The molecule has 3 aromatic rings. The SMILES string of the molecule is COc1ccc(-c2coc3ccc([C@]4(O)O[C@H](CO)[C@@H](O)[C@H](O)[C@H]4O)cc23)cc1. The van der Waals surface area contributed by atoms with Crippen molar-refractivity contribution >= 4 is 11.0 Å². The van der Waals surface area contributed by atoms with Gasteiger partial charge in [0.05, 0.1) is 20.0 Å². The van der Waals surface area contributed by atoms with Crippen LogP contribution >= 0.6 is 0 Å². The monoisotopic (exact) mass is 402 g/mol. The maximum absolute atomic E-state index is 11.0. The number of aliphatic hydroxyl groups excluding tert-OH is 4. The molecule has 0 aliphatic carbocycles. The van der Waals surface area contributed by atoms with Gasteiger partial charge in [0.25, 0.3) is 0 Å². The summed E-state index contributed by atoms with van der Waals surface area (Å²) in [6, 6.07) is 12.0. The first-order valence-electron chi connectivity index (χ1n) is 9.10. The summed E-state index contributed by atoms with van der Waals surface area (Å²) in [6.45, 7) is -0.641. The summed E-state index contributed by atoms with van der Waals surface area (Å²) in [5.74, 6) is -1.62. The quantitative estimate of drug-likeness (QED) is 0.431. The molecule has 0 spiro atoms. The van der Waals surface area contributed by atoms with Crippen LogP contribution in [-0.4, -0.2) is 63.7 Å². The van der Waals surface area contributed by atoms with E-state index >= 15 is 0 Å². The van der Waals surface area contributed by atoms with Crippen LogP contribution < -0.4 is 4.74 Å². The molecule has 0 bridgehead atoms. The summed E-state index contributed by atoms with van der Waals surface area (Å²) in [7, 11) is 1.58. The van der Waals surface area contributed by atoms with Gasteiger partial charge in [0.1, 0.15) is 35.7 Å². The van der Waals surface area contributed by atoms with Crippen molar-refractivity contribution in [2.75, 3.05) is 13.7 Å². The number of aliphatic hydroxyl groups is 5. The molecule has 1 aromatic heterocycles. The van der Waals surface area contributed by atoms with Crippen molar-refractivity contribution in [1.82, 2.24) is 0 Å². The van der Waals surface area contributed by atoms with Gasteiger partial charge in [-0.1, -0.05) is 12.1 Å². The van der Waals surface area contributed by atoms with E-state index in [2.05, 4.69) is 0 Å². The molecule has 0 radical (unpaired) electrons. The fourth-order valence-electron chi connectivity index (χ4n) is 3.64. The highest BCUT2D eigenvalue weighted by Crippen LogP contribution is 2.39. The minimum atomic E-state index is -2.32. The summed E-state index contributed by atoms with van der Waals surface area (Å²) in [5.41, 5.74) is 2.30. The first-order chi connectivity index (χ1) is 13.9. The Kier molecular flexibility index (Phi) is 5.07. The van der Waals surface area contributed by atoms with Crippen molar-refractivity contribution in [2.45, 2.75) is 30.2 Å². The highest BCUT2D eigenvalue weighted by atomic mass is 16.7. The molecule has 1 saturated heterocycles. The van der Waals surface area contributed by atoms with Gasteiger partial charge in [-0.2, -0.15) is 0 Å². The summed E-state index contributed by atoms with van der Waals surface area (Å²) < 4.78 is 16.2. The summed E-state index contributed by atoms with van der Waals surface area (Å²) in [4.78, 5) is 0. The molecule has 5 N–H and O–H groups in total. The van der Waals surface area contributed by atoms with E-state index in [-0.39, 0.29) is 5.56 Å². The standard InChI is InChI=1S/C21H22O8/c1-27-13-5-2-11(3-6-13)15-10-28-16-7-4-12(8-14(15)16)21(26)20(25)19(24)18(23)17(9-22)29-21/h2-8,10,17-20,22-26H,9H2,1H3/t17-,18-,19+,20-,21+/m1/s1. The number of furan rings is 1. The van der Waals surface area contributed by atoms with Crippen LogP contribution in [0.3, 0.4) is 0 Å². The lowest BCUT2D eigenvalue weighted by atomic mass is 9.87. The van der Waals surface area contributed by atoms with Crippen molar-refractivity contribution in [2.24, 2.45) is 0 Å². The Morgan fingerprint density at radius 3 is 2.41 bits per heavy atom. The first-order valence-corrected chi connectivity index (χ1v) is 9.10. The second kappa shape index (κ2) is 7.42. The third-order valence-electron chi connectivity index (χ3n) is 5.35. The second-order valence-corrected chi connectivity index (χ2v) is 7.05. The van der Waals surface area contributed by atoms with Crippen LogP contribution in [0.5, 0.6) is 5.75 Å². The van der Waals surface area contributed by atoms with Gasteiger partial charge in [-0.05, 0) is 35.9 Å². The number of hydrogen-bond acceptors (Lipinski definition) is 8. The molecule has 2 heterocycles. The molecule has 29 heavy (non-hydrogen) atoms. The van der Waals surface area contributed by atoms with E-state index in [1.54, 1.807) is 25.5 Å². The predicted molar refractivity (Wildman–Crippen MR) is 102 cm³/mol. The zero-order valence-electron chi connectivity index (χ0n) is 15.6. The second-order valence-electron chi connectivity index (χ2n) is 7.05. The van der Waals surface area contributed by atoms with Crippen molar-refractivity contribution in [3.8, 4) is 16.9 Å². The fraction of sp³-hybridized carbons (Fsp3) is 0.333. The molecule has 5 atom stereocenters. The molecule has 0 saturated carbocycles. The topological polar surface area (TPSA) is 133 Å². The van der Waals surface area contributed by atoms with Crippen LogP contribution in [0.2, 0.25) is 0 Å². The normalized spacial score (nSPS) is 29.9. The van der Waals surface area contributed by atoms with Crippen LogP contribution in [0.4, 0.5) is 0 Å². The van der Waals surface area contributed by atoms with Gasteiger partial charge in [-0.3, -0.25) is 0 Å². The van der Waals surface area contributed by atoms with E-state index in [0.717, 1.165) is 11.1 Å². The zero-order chi connectivity index (χ0) is 20.8. The Morgan fingerprint density at radius 2 is 1.76 bits per heavy atom. The molecule has 1 aliphatic rings. The molecule has 1 aliphatic heterocycles. The summed E-state index contributed by atoms with van der Waals surface area (Å²) in [5, 5.41) is 51.5. The number of ether oxygens (including phenoxy) is 2. The van der Waals surface area contributed by atoms with Crippen LogP contribution in [0.1, 0.15) is 5.56 Å². The van der Waals surface area contributed by atoms with Crippen molar-refractivity contribution in [3.63, 3.8) is 0 Å². The molecule has 0 unspecified atom stereocenters. The van der Waals surface area contributed by atoms with Crippen molar-refractivity contribution < 1.29 is 39.4 Å². The molecular formula is C21H22O8. The van der Waals surface area contributed by atoms with Crippen LogP contribution in [-0.2, 0) is 10.5 Å². The lowest BCUT2D eigenvalue weighted by molar-refractivity contribution is -0.357. The molecule has 8 nitrogen and oxygen atoms in total. The highest BCUT2D eigenvalue weighted by Gasteiger charge is 2.53. The van der Waals surface area contributed by atoms with E-state index in [1.807, 2.05) is 24.3 Å². The molecular weight excluding hydrogens is 380 g/mol. The first kappa shape index (κ1) is 19.8. The summed E-state index contributed by atoms with van der Waals surface area (Å²) >= 11 is 0. The molecule has 0 amide bonds. The Labute approximate surface area is 166 Å². The van der Waals surface area contributed by atoms with Crippen molar-refractivity contribution in [3.05, 3.63) is 54.3 Å².